The van der Waals surface area contributed by atoms with Crippen molar-refractivity contribution in [3.05, 3.63) is 47.7 Å². The second-order valence-corrected chi connectivity index (χ2v) is 7.13. The molecule has 0 amide bonds. The Balaban J connectivity index is 2.47. The van der Waals surface area contributed by atoms with Crippen LogP contribution in [0.4, 0.5) is 4.39 Å². The quantitative estimate of drug-likeness (QED) is 0.537. The normalized spacial score (nSPS) is 13.5. The molecule has 0 aliphatic carbocycles. The lowest BCUT2D eigenvalue weighted by Gasteiger charge is -2.24. The second kappa shape index (κ2) is 8.30. The molecule has 1 atom stereocenters. The van der Waals surface area contributed by atoms with Crippen LogP contribution in [0.5, 0.6) is 5.75 Å². The Morgan fingerprint density at radius 1 is 1.31 bits per heavy atom. The molecule has 26 heavy (non-hydrogen) atoms. The lowest BCUT2D eigenvalue weighted by Crippen LogP contribution is -2.15. The summed E-state index contributed by atoms with van der Waals surface area (Å²) in [6.07, 6.45) is 2.37. The highest BCUT2D eigenvalue weighted by atomic mass is 19.1. The van der Waals surface area contributed by atoms with Crippen molar-refractivity contribution in [2.45, 2.75) is 47.4 Å². The lowest BCUT2D eigenvalue weighted by molar-refractivity contribution is -0.137. The van der Waals surface area contributed by atoms with E-state index in [0.29, 0.717) is 24.3 Å². The maximum Gasteiger partial charge on any atom is 0.330 e. The molecule has 2 aromatic rings. The average molecular weight is 359 g/mol. The molecule has 1 heterocycles. The smallest absolute Gasteiger partial charge is 0.330 e. The van der Waals surface area contributed by atoms with E-state index in [-0.39, 0.29) is 11.4 Å². The van der Waals surface area contributed by atoms with Crippen LogP contribution in [-0.4, -0.2) is 23.9 Å². The van der Waals surface area contributed by atoms with Crippen LogP contribution in [0.15, 0.2) is 42.1 Å². The van der Waals surface area contributed by atoms with Gasteiger partial charge in [-0.1, -0.05) is 38.5 Å². The number of pyridine rings is 1. The summed E-state index contributed by atoms with van der Waals surface area (Å²) in [6.45, 7) is 9.63. The number of carbonyl (C=O) groups is 1. The second-order valence-electron chi connectivity index (χ2n) is 7.13. The van der Waals surface area contributed by atoms with Crippen molar-refractivity contribution >= 4 is 16.9 Å². The summed E-state index contributed by atoms with van der Waals surface area (Å²) < 4.78 is 23.6. The molecule has 0 radical (unpaired) electrons. The molecule has 0 aliphatic heterocycles. The minimum atomic E-state index is -1.42. The summed E-state index contributed by atoms with van der Waals surface area (Å²) in [5.74, 6) is 0.0668. The number of ether oxygens (including phenoxy) is 2. The number of hydrogen-bond donors (Lipinski definition) is 0. The predicted molar refractivity (Wildman–Crippen MR) is 101 cm³/mol. The molecule has 5 heteroatoms. The molecule has 0 spiro atoms. The van der Waals surface area contributed by atoms with Crippen molar-refractivity contribution in [2.24, 2.45) is 5.41 Å². The van der Waals surface area contributed by atoms with E-state index in [1.54, 1.807) is 25.3 Å². The predicted octanol–water partition coefficient (Wildman–Crippen LogP) is 5.01. The van der Waals surface area contributed by atoms with Crippen LogP contribution in [0.25, 0.3) is 10.9 Å². The van der Waals surface area contributed by atoms with Crippen LogP contribution in [0.1, 0.15) is 40.2 Å². The van der Waals surface area contributed by atoms with Crippen LogP contribution in [0, 0.1) is 5.41 Å². The molecule has 0 saturated carbocycles. The highest BCUT2D eigenvalue weighted by molar-refractivity contribution is 5.88. The summed E-state index contributed by atoms with van der Waals surface area (Å²) in [5, 5.41) is 0.879. The molecule has 2 rings (SSSR count). The zero-order valence-electron chi connectivity index (χ0n) is 16.0. The highest BCUT2D eigenvalue weighted by Crippen LogP contribution is 2.33. The zero-order valence-corrected chi connectivity index (χ0v) is 16.0. The van der Waals surface area contributed by atoms with Gasteiger partial charge in [0, 0.05) is 24.6 Å². The first-order chi connectivity index (χ1) is 12.2. The first-order valence-corrected chi connectivity index (χ1v) is 8.77. The fraction of sp³-hybridized carbons (Fsp3) is 0.429. The van der Waals surface area contributed by atoms with E-state index in [2.05, 4.69) is 25.8 Å². The van der Waals surface area contributed by atoms with Gasteiger partial charge in [-0.3, -0.25) is 4.98 Å². The summed E-state index contributed by atoms with van der Waals surface area (Å²) >= 11 is 0. The monoisotopic (exact) mass is 359 g/mol. The maximum absolute atomic E-state index is 13.3. The number of benzene rings is 1. The Labute approximate surface area is 154 Å². The molecule has 140 valence electrons. The van der Waals surface area contributed by atoms with Gasteiger partial charge >= 0.3 is 5.97 Å². The van der Waals surface area contributed by atoms with Crippen molar-refractivity contribution in [1.82, 2.24) is 4.98 Å². The van der Waals surface area contributed by atoms with E-state index in [1.165, 1.54) is 6.92 Å². The minimum Gasteiger partial charge on any atom is -0.463 e. The van der Waals surface area contributed by atoms with Gasteiger partial charge in [0.2, 0.25) is 6.36 Å². The summed E-state index contributed by atoms with van der Waals surface area (Å²) in [7, 11) is 0. The molecular formula is C21H26FNO3. The van der Waals surface area contributed by atoms with Crippen molar-refractivity contribution in [3.63, 3.8) is 0 Å². The third kappa shape index (κ3) is 5.04. The molecule has 0 N–H and O–H groups in total. The van der Waals surface area contributed by atoms with Crippen LogP contribution in [0.2, 0.25) is 0 Å². The van der Waals surface area contributed by atoms with Gasteiger partial charge < -0.3 is 9.47 Å². The number of rotatable bonds is 6. The minimum absolute atomic E-state index is 0.204. The van der Waals surface area contributed by atoms with E-state index >= 15 is 0 Å². The summed E-state index contributed by atoms with van der Waals surface area (Å²) in [5.41, 5.74) is 2.36. The van der Waals surface area contributed by atoms with E-state index in [1.807, 2.05) is 18.2 Å². The molecule has 0 aliphatic rings. The van der Waals surface area contributed by atoms with Crippen molar-refractivity contribution in [1.29, 1.82) is 0 Å². The van der Waals surface area contributed by atoms with Gasteiger partial charge in [0.25, 0.3) is 0 Å². The molecule has 1 unspecified atom stereocenters. The Morgan fingerprint density at radius 3 is 2.65 bits per heavy atom. The first-order valence-electron chi connectivity index (χ1n) is 8.77. The third-order valence-electron chi connectivity index (χ3n) is 4.04. The molecule has 1 aromatic carbocycles. The largest absolute Gasteiger partial charge is 0.463 e. The Hall–Kier alpha value is -2.43. The molecule has 0 saturated heterocycles. The van der Waals surface area contributed by atoms with Gasteiger partial charge in [-0.05, 0) is 36.5 Å². The number of nitrogens with zero attached hydrogens (tertiary/aromatic N) is 1. The molecular weight excluding hydrogens is 333 g/mol. The fourth-order valence-corrected chi connectivity index (χ4v) is 2.69. The summed E-state index contributed by atoms with van der Waals surface area (Å²) in [4.78, 5) is 16.3. The van der Waals surface area contributed by atoms with Gasteiger partial charge in [-0.25, -0.2) is 9.18 Å². The van der Waals surface area contributed by atoms with Gasteiger partial charge in [0.1, 0.15) is 11.3 Å². The van der Waals surface area contributed by atoms with Gasteiger partial charge in [-0.15, -0.1) is 0 Å². The standard InChI is InChI=1S/C21H26FNO3/c1-6-25-19(24)13-16(21(3,4)5)12-15-9-10-18(26-14(2)22)20-17(15)8-7-11-23-20/h7-11,13-14H,6,12H2,1-5H3/b16-13-. The van der Waals surface area contributed by atoms with E-state index in [9.17, 15) is 9.18 Å². The zero-order chi connectivity index (χ0) is 19.3. The number of carbonyl (C=O) groups excluding carboxylic acids is 1. The molecule has 0 bridgehead atoms. The van der Waals surface area contributed by atoms with Gasteiger partial charge in [-0.2, -0.15) is 0 Å². The highest BCUT2D eigenvalue weighted by Gasteiger charge is 2.21. The van der Waals surface area contributed by atoms with Gasteiger partial charge in [0.05, 0.1) is 6.61 Å². The maximum atomic E-state index is 13.3. The number of alkyl halides is 1. The van der Waals surface area contributed by atoms with Crippen molar-refractivity contribution in [3.8, 4) is 5.75 Å². The Morgan fingerprint density at radius 2 is 2.04 bits per heavy atom. The SMILES string of the molecule is CCOC(=O)/C=C(/Cc1ccc(OC(C)F)c2ncccc12)C(C)(C)C. The third-order valence-corrected chi connectivity index (χ3v) is 4.04. The van der Waals surface area contributed by atoms with Crippen LogP contribution >= 0.6 is 0 Å². The molecule has 0 fully saturated rings. The van der Waals surface area contributed by atoms with E-state index in [0.717, 1.165) is 16.5 Å². The number of allylic oxidation sites excluding steroid dienone is 1. The molecule has 1 aromatic heterocycles. The first kappa shape index (κ1) is 19.9. The van der Waals surface area contributed by atoms with E-state index < -0.39 is 6.36 Å². The average Bonchev–Trinajstić information content (AvgIpc) is 2.55. The Kier molecular flexibility index (Phi) is 6.35. The van der Waals surface area contributed by atoms with Crippen LogP contribution < -0.4 is 4.74 Å². The number of halogens is 1. The summed E-state index contributed by atoms with van der Waals surface area (Å²) in [6, 6.07) is 7.39. The van der Waals surface area contributed by atoms with Gasteiger partial charge in [0.15, 0.2) is 0 Å². The lowest BCUT2D eigenvalue weighted by atomic mass is 9.82. The fourth-order valence-electron chi connectivity index (χ4n) is 2.69. The van der Waals surface area contributed by atoms with Crippen LogP contribution in [0.3, 0.4) is 0 Å². The number of esters is 1. The topological polar surface area (TPSA) is 48.4 Å². The van der Waals surface area contributed by atoms with Crippen molar-refractivity contribution < 1.29 is 18.7 Å². The number of aromatic nitrogens is 1. The number of fused-ring (bicyclic) bond motifs is 1. The Bertz CT molecular complexity index is 806. The molecule has 4 nitrogen and oxygen atoms in total. The van der Waals surface area contributed by atoms with Crippen LogP contribution in [-0.2, 0) is 16.0 Å². The van der Waals surface area contributed by atoms with Crippen molar-refractivity contribution in [2.75, 3.05) is 6.61 Å². The number of hydrogen-bond acceptors (Lipinski definition) is 4. The van der Waals surface area contributed by atoms with E-state index in [4.69, 9.17) is 9.47 Å².